The Bertz CT molecular complexity index is 695. The molecule has 0 saturated carbocycles. The van der Waals surface area contributed by atoms with Gasteiger partial charge < -0.3 is 19.5 Å². The van der Waals surface area contributed by atoms with Crippen LogP contribution in [0, 0.1) is 10.1 Å². The molecule has 1 aromatic carbocycles. The normalized spacial score (nSPS) is 14.5. The van der Waals surface area contributed by atoms with E-state index in [4.69, 9.17) is 16.6 Å². The highest BCUT2D eigenvalue weighted by Crippen LogP contribution is 2.20. The lowest BCUT2D eigenvalue weighted by atomic mass is 10.2. The summed E-state index contributed by atoms with van der Waals surface area (Å²) in [5.41, 5.74) is 1.11. The third-order valence-corrected chi connectivity index (χ3v) is 4.39. The van der Waals surface area contributed by atoms with Crippen molar-refractivity contribution in [1.29, 1.82) is 0 Å². The van der Waals surface area contributed by atoms with Crippen LogP contribution in [0.15, 0.2) is 47.1 Å². The van der Waals surface area contributed by atoms with Gasteiger partial charge in [0, 0.05) is 44.0 Å². The van der Waals surface area contributed by atoms with Crippen molar-refractivity contribution in [2.75, 3.05) is 31.1 Å². The van der Waals surface area contributed by atoms with E-state index in [2.05, 4.69) is 15.1 Å². The van der Waals surface area contributed by atoms with E-state index in [1.165, 1.54) is 12.1 Å². The highest BCUT2D eigenvalue weighted by atomic mass is 32.1. The second-order valence-electron chi connectivity index (χ2n) is 5.49. The number of rotatable bonds is 4. The molecule has 1 saturated heterocycles. The average Bonchev–Trinajstić information content (AvgIpc) is 3.13. The number of hydrogen-bond acceptors (Lipinski definition) is 5. The topological polar surface area (TPSA) is 74.8 Å². The summed E-state index contributed by atoms with van der Waals surface area (Å²) in [6.45, 7) is 3.83. The van der Waals surface area contributed by atoms with Gasteiger partial charge in [0.2, 0.25) is 0 Å². The minimum atomic E-state index is -0.384. The van der Waals surface area contributed by atoms with Crippen LogP contribution in [0.25, 0.3) is 0 Å². The summed E-state index contributed by atoms with van der Waals surface area (Å²) in [5.74, 6) is 0.849. The fraction of sp³-hybridized carbons (Fsp3) is 0.312. The quantitative estimate of drug-likeness (QED) is 0.517. The number of nitrogens with zero attached hydrogens (tertiary/aromatic N) is 3. The van der Waals surface area contributed by atoms with Crippen LogP contribution in [-0.2, 0) is 6.54 Å². The number of nitrogens with one attached hydrogen (secondary N) is 1. The molecule has 24 heavy (non-hydrogen) atoms. The van der Waals surface area contributed by atoms with Gasteiger partial charge in [0.1, 0.15) is 5.76 Å². The van der Waals surface area contributed by atoms with Gasteiger partial charge in [0.05, 0.1) is 17.7 Å². The zero-order chi connectivity index (χ0) is 16.9. The first-order chi connectivity index (χ1) is 11.6. The van der Waals surface area contributed by atoms with Gasteiger partial charge in [-0.1, -0.05) is 0 Å². The number of furan rings is 1. The summed E-state index contributed by atoms with van der Waals surface area (Å²) in [6, 6.07) is 10.4. The second kappa shape index (κ2) is 7.31. The molecule has 0 bridgehead atoms. The summed E-state index contributed by atoms with van der Waals surface area (Å²) in [6.07, 6.45) is 1.64. The highest BCUT2D eigenvalue weighted by molar-refractivity contribution is 7.80. The minimum absolute atomic E-state index is 0.112. The maximum atomic E-state index is 10.7. The molecule has 8 heteroatoms. The van der Waals surface area contributed by atoms with Crippen LogP contribution in [0.4, 0.5) is 11.4 Å². The smallest absolute Gasteiger partial charge is 0.269 e. The van der Waals surface area contributed by atoms with E-state index in [1.54, 1.807) is 18.4 Å². The first-order valence-corrected chi connectivity index (χ1v) is 8.09. The number of anilines is 1. The van der Waals surface area contributed by atoms with E-state index < -0.39 is 0 Å². The van der Waals surface area contributed by atoms with Crippen molar-refractivity contribution < 1.29 is 9.34 Å². The predicted molar refractivity (Wildman–Crippen MR) is 95.0 cm³/mol. The number of hydrogen-bond donors (Lipinski definition) is 1. The lowest BCUT2D eigenvalue weighted by Gasteiger charge is -2.37. The predicted octanol–water partition coefficient (Wildman–Crippen LogP) is 2.38. The van der Waals surface area contributed by atoms with Gasteiger partial charge in [-0.25, -0.2) is 0 Å². The Morgan fingerprint density at radius 3 is 2.50 bits per heavy atom. The average molecular weight is 346 g/mol. The van der Waals surface area contributed by atoms with Crippen molar-refractivity contribution in [1.82, 2.24) is 10.2 Å². The van der Waals surface area contributed by atoms with Crippen LogP contribution in [0.5, 0.6) is 0 Å². The van der Waals surface area contributed by atoms with Crippen LogP contribution in [0.2, 0.25) is 0 Å². The molecule has 1 aliphatic heterocycles. The molecule has 1 N–H and O–H groups in total. The van der Waals surface area contributed by atoms with E-state index in [0.717, 1.165) is 42.7 Å². The second-order valence-corrected chi connectivity index (χ2v) is 5.87. The molecule has 0 spiro atoms. The van der Waals surface area contributed by atoms with E-state index in [1.807, 2.05) is 12.1 Å². The molecule has 0 aliphatic carbocycles. The molecular weight excluding hydrogens is 328 g/mol. The van der Waals surface area contributed by atoms with Gasteiger partial charge in [0.15, 0.2) is 5.11 Å². The van der Waals surface area contributed by atoms with E-state index in [9.17, 15) is 10.1 Å². The molecule has 126 valence electrons. The Balaban J connectivity index is 1.49. The van der Waals surface area contributed by atoms with Crippen LogP contribution in [-0.4, -0.2) is 41.1 Å². The number of benzene rings is 1. The van der Waals surface area contributed by atoms with Crippen LogP contribution >= 0.6 is 12.2 Å². The highest BCUT2D eigenvalue weighted by Gasteiger charge is 2.19. The van der Waals surface area contributed by atoms with Crippen LogP contribution in [0.1, 0.15) is 5.76 Å². The monoisotopic (exact) mass is 346 g/mol. The van der Waals surface area contributed by atoms with Gasteiger partial charge in [-0.2, -0.15) is 0 Å². The molecule has 1 aromatic heterocycles. The molecule has 7 nitrogen and oxygen atoms in total. The molecule has 0 atom stereocenters. The number of nitro groups is 1. The molecule has 3 rings (SSSR count). The maximum Gasteiger partial charge on any atom is 0.269 e. The fourth-order valence-corrected chi connectivity index (χ4v) is 2.90. The molecule has 1 fully saturated rings. The van der Waals surface area contributed by atoms with Crippen molar-refractivity contribution in [2.45, 2.75) is 6.54 Å². The lowest BCUT2D eigenvalue weighted by molar-refractivity contribution is -0.384. The SMILES string of the molecule is O=[N+]([O-])c1ccc(N2CCN(C(=S)NCc3ccco3)CC2)cc1. The summed E-state index contributed by atoms with van der Waals surface area (Å²) in [5, 5.41) is 14.6. The van der Waals surface area contributed by atoms with Crippen molar-refractivity contribution >= 4 is 28.7 Å². The molecule has 0 radical (unpaired) electrons. The standard InChI is InChI=1S/C16H18N4O3S/c21-20(22)14-5-3-13(4-6-14)18-7-9-19(10-8-18)16(24)17-12-15-2-1-11-23-15/h1-6,11H,7-10,12H2,(H,17,24). The van der Waals surface area contributed by atoms with Crippen LogP contribution < -0.4 is 10.2 Å². The summed E-state index contributed by atoms with van der Waals surface area (Å²) in [4.78, 5) is 14.7. The lowest BCUT2D eigenvalue weighted by Crippen LogP contribution is -2.51. The van der Waals surface area contributed by atoms with Crippen molar-refractivity contribution in [3.63, 3.8) is 0 Å². The summed E-state index contributed by atoms with van der Waals surface area (Å²) >= 11 is 5.43. The third kappa shape index (κ3) is 3.83. The fourth-order valence-electron chi connectivity index (χ4n) is 2.64. The van der Waals surface area contributed by atoms with Gasteiger partial charge in [0.25, 0.3) is 5.69 Å². The molecule has 0 unspecified atom stereocenters. The van der Waals surface area contributed by atoms with Gasteiger partial charge in [-0.05, 0) is 36.5 Å². The Labute approximate surface area is 145 Å². The van der Waals surface area contributed by atoms with Gasteiger partial charge in [-0.3, -0.25) is 10.1 Å². The number of piperazine rings is 1. The Hall–Kier alpha value is -2.61. The molecule has 2 aromatic rings. The Morgan fingerprint density at radius 1 is 1.21 bits per heavy atom. The summed E-state index contributed by atoms with van der Waals surface area (Å²) < 4.78 is 5.28. The van der Waals surface area contributed by atoms with E-state index in [-0.39, 0.29) is 10.6 Å². The Kier molecular flexibility index (Phi) is 4.95. The number of thiocarbonyl (C=S) groups is 1. The van der Waals surface area contributed by atoms with Crippen molar-refractivity contribution in [2.24, 2.45) is 0 Å². The number of nitro benzene ring substituents is 1. The zero-order valence-corrected chi connectivity index (χ0v) is 13.9. The zero-order valence-electron chi connectivity index (χ0n) is 13.1. The first kappa shape index (κ1) is 16.3. The molecule has 0 amide bonds. The van der Waals surface area contributed by atoms with Crippen molar-refractivity contribution in [3.05, 3.63) is 58.5 Å². The molecule has 1 aliphatic rings. The van der Waals surface area contributed by atoms with Gasteiger partial charge >= 0.3 is 0 Å². The molecule has 2 heterocycles. The number of non-ortho nitro benzene ring substituents is 1. The van der Waals surface area contributed by atoms with E-state index in [0.29, 0.717) is 6.54 Å². The Morgan fingerprint density at radius 2 is 1.92 bits per heavy atom. The van der Waals surface area contributed by atoms with Crippen molar-refractivity contribution in [3.8, 4) is 0 Å². The largest absolute Gasteiger partial charge is 0.467 e. The van der Waals surface area contributed by atoms with Gasteiger partial charge in [-0.15, -0.1) is 0 Å². The van der Waals surface area contributed by atoms with E-state index >= 15 is 0 Å². The summed E-state index contributed by atoms with van der Waals surface area (Å²) in [7, 11) is 0. The third-order valence-electron chi connectivity index (χ3n) is 3.99. The minimum Gasteiger partial charge on any atom is -0.467 e. The van der Waals surface area contributed by atoms with Crippen LogP contribution in [0.3, 0.4) is 0 Å². The maximum absolute atomic E-state index is 10.7. The molecular formula is C16H18N4O3S. The first-order valence-electron chi connectivity index (χ1n) is 7.68.